The van der Waals surface area contributed by atoms with Gasteiger partial charge in [0.2, 0.25) is 5.91 Å². The van der Waals surface area contributed by atoms with Crippen LogP contribution in [0.3, 0.4) is 0 Å². The molecule has 2 aromatic rings. The molecule has 6 heteroatoms. The minimum atomic E-state index is 0.0355. The van der Waals surface area contributed by atoms with Gasteiger partial charge in [-0.05, 0) is 69.5 Å². The van der Waals surface area contributed by atoms with Crippen molar-refractivity contribution in [3.05, 3.63) is 59.2 Å². The van der Waals surface area contributed by atoms with E-state index in [2.05, 4.69) is 37.4 Å². The highest BCUT2D eigenvalue weighted by molar-refractivity contribution is 8.00. The summed E-state index contributed by atoms with van der Waals surface area (Å²) >= 11 is 1.58. The quantitative estimate of drug-likeness (QED) is 0.674. The lowest BCUT2D eigenvalue weighted by atomic mass is 10.0. The Hall–Kier alpha value is -2.47. The molecular formula is C24H30N2O3S. The average Bonchev–Trinajstić information content (AvgIpc) is 2.75. The molecule has 0 unspecified atom stereocenters. The van der Waals surface area contributed by atoms with Crippen molar-refractivity contribution in [2.45, 2.75) is 44.6 Å². The zero-order valence-electron chi connectivity index (χ0n) is 17.9. The lowest BCUT2D eigenvalue weighted by Crippen LogP contribution is -2.47. The summed E-state index contributed by atoms with van der Waals surface area (Å²) in [7, 11) is 0. The average molecular weight is 427 g/mol. The van der Waals surface area contributed by atoms with E-state index >= 15 is 0 Å². The lowest BCUT2D eigenvalue weighted by molar-refractivity contribution is -0.119. The van der Waals surface area contributed by atoms with Crippen LogP contribution < -0.4 is 10.1 Å². The smallest absolute Gasteiger partial charge is 0.253 e. The summed E-state index contributed by atoms with van der Waals surface area (Å²) in [6, 6.07) is 13.7. The number of benzene rings is 2. The SMILES string of the molecule is CCOc1ccc(C(=O)N2CCC(NC(=O)CSc3cc(C)ccc3C)CC2)cc1. The number of thioether (sulfide) groups is 1. The van der Waals surface area contributed by atoms with E-state index < -0.39 is 0 Å². The Morgan fingerprint density at radius 3 is 2.47 bits per heavy atom. The van der Waals surface area contributed by atoms with Crippen molar-refractivity contribution < 1.29 is 14.3 Å². The molecule has 2 amide bonds. The van der Waals surface area contributed by atoms with Crippen molar-refractivity contribution in [1.29, 1.82) is 0 Å². The van der Waals surface area contributed by atoms with Crippen molar-refractivity contribution in [1.82, 2.24) is 10.2 Å². The second kappa shape index (κ2) is 10.5. The van der Waals surface area contributed by atoms with E-state index in [1.54, 1.807) is 11.8 Å². The van der Waals surface area contributed by atoms with Gasteiger partial charge >= 0.3 is 0 Å². The number of piperidine rings is 1. The predicted molar refractivity (Wildman–Crippen MR) is 121 cm³/mol. The van der Waals surface area contributed by atoms with Gasteiger partial charge in [0.25, 0.3) is 5.91 Å². The molecule has 1 heterocycles. The highest BCUT2D eigenvalue weighted by Gasteiger charge is 2.24. The number of hydrogen-bond donors (Lipinski definition) is 1. The summed E-state index contributed by atoms with van der Waals surface area (Å²) in [4.78, 5) is 28.1. The highest BCUT2D eigenvalue weighted by atomic mass is 32.2. The van der Waals surface area contributed by atoms with E-state index in [-0.39, 0.29) is 17.9 Å². The first-order valence-electron chi connectivity index (χ1n) is 10.5. The Morgan fingerprint density at radius 1 is 1.10 bits per heavy atom. The lowest BCUT2D eigenvalue weighted by Gasteiger charge is -2.32. The number of nitrogens with one attached hydrogen (secondary N) is 1. The van der Waals surface area contributed by atoms with Gasteiger partial charge in [0.15, 0.2) is 0 Å². The molecule has 30 heavy (non-hydrogen) atoms. The number of ether oxygens (including phenoxy) is 1. The highest BCUT2D eigenvalue weighted by Crippen LogP contribution is 2.23. The summed E-state index contributed by atoms with van der Waals surface area (Å²) in [5.41, 5.74) is 3.07. The van der Waals surface area contributed by atoms with Crippen molar-refractivity contribution in [2.24, 2.45) is 0 Å². The van der Waals surface area contributed by atoms with Crippen molar-refractivity contribution >= 4 is 23.6 Å². The minimum absolute atomic E-state index is 0.0355. The number of amides is 2. The Morgan fingerprint density at radius 2 is 1.80 bits per heavy atom. The van der Waals surface area contributed by atoms with Gasteiger partial charge in [-0.1, -0.05) is 17.7 Å². The number of likely N-dealkylation sites (tertiary alicyclic amines) is 1. The van der Waals surface area contributed by atoms with Crippen LogP contribution >= 0.6 is 11.8 Å². The van der Waals surface area contributed by atoms with Crippen LogP contribution in [0.15, 0.2) is 47.4 Å². The van der Waals surface area contributed by atoms with E-state index in [4.69, 9.17) is 4.74 Å². The number of hydrogen-bond acceptors (Lipinski definition) is 4. The number of carbonyl (C=O) groups excluding carboxylic acids is 2. The Kier molecular flexibility index (Phi) is 7.80. The van der Waals surface area contributed by atoms with E-state index in [0.29, 0.717) is 31.0 Å². The molecule has 1 aliphatic rings. The van der Waals surface area contributed by atoms with Gasteiger partial charge in [0.05, 0.1) is 12.4 Å². The molecule has 1 aliphatic heterocycles. The maximum Gasteiger partial charge on any atom is 0.253 e. The fourth-order valence-electron chi connectivity index (χ4n) is 3.55. The first-order chi connectivity index (χ1) is 14.5. The largest absolute Gasteiger partial charge is 0.494 e. The summed E-state index contributed by atoms with van der Waals surface area (Å²) in [5, 5.41) is 3.13. The molecule has 160 valence electrons. The molecular weight excluding hydrogens is 396 g/mol. The van der Waals surface area contributed by atoms with Crippen LogP contribution in [0, 0.1) is 13.8 Å². The summed E-state index contributed by atoms with van der Waals surface area (Å²) < 4.78 is 5.43. The topological polar surface area (TPSA) is 58.6 Å². The fourth-order valence-corrected chi connectivity index (χ4v) is 4.48. The third-order valence-electron chi connectivity index (χ3n) is 5.26. The zero-order chi connectivity index (χ0) is 21.5. The third kappa shape index (κ3) is 6.02. The molecule has 2 aromatic carbocycles. The Balaban J connectivity index is 1.44. The van der Waals surface area contributed by atoms with Gasteiger partial charge in [-0.15, -0.1) is 11.8 Å². The number of rotatable bonds is 7. The Bertz CT molecular complexity index is 875. The first-order valence-corrected chi connectivity index (χ1v) is 11.5. The van der Waals surface area contributed by atoms with Gasteiger partial charge in [0, 0.05) is 29.6 Å². The number of nitrogens with zero attached hydrogens (tertiary/aromatic N) is 1. The van der Waals surface area contributed by atoms with Crippen molar-refractivity contribution in [3.8, 4) is 5.75 Å². The van der Waals surface area contributed by atoms with E-state index in [1.807, 2.05) is 36.1 Å². The van der Waals surface area contributed by atoms with Crippen LogP contribution in [0.4, 0.5) is 0 Å². The molecule has 0 spiro atoms. The summed E-state index contributed by atoms with van der Waals surface area (Å²) in [6.07, 6.45) is 1.56. The van der Waals surface area contributed by atoms with E-state index in [9.17, 15) is 9.59 Å². The van der Waals surface area contributed by atoms with Crippen LogP contribution in [0.5, 0.6) is 5.75 Å². The third-order valence-corrected chi connectivity index (χ3v) is 6.42. The molecule has 3 rings (SSSR count). The van der Waals surface area contributed by atoms with Crippen LogP contribution in [0.2, 0.25) is 0 Å². The molecule has 1 fully saturated rings. The molecule has 0 aliphatic carbocycles. The predicted octanol–water partition coefficient (Wildman–Crippen LogP) is 4.22. The normalized spacial score (nSPS) is 14.4. The zero-order valence-corrected chi connectivity index (χ0v) is 18.8. The van der Waals surface area contributed by atoms with Gasteiger partial charge in [0.1, 0.15) is 5.75 Å². The van der Waals surface area contributed by atoms with Crippen molar-refractivity contribution in [3.63, 3.8) is 0 Å². The maximum atomic E-state index is 12.7. The maximum absolute atomic E-state index is 12.7. The molecule has 5 nitrogen and oxygen atoms in total. The van der Waals surface area contributed by atoms with E-state index in [0.717, 1.165) is 23.5 Å². The minimum Gasteiger partial charge on any atom is -0.494 e. The van der Waals surface area contributed by atoms with E-state index in [1.165, 1.54) is 11.1 Å². The standard InChI is InChI=1S/C24H30N2O3S/c1-4-29-21-9-7-19(8-10-21)24(28)26-13-11-20(12-14-26)25-23(27)16-30-22-15-17(2)5-6-18(22)3/h5-10,15,20H,4,11-14,16H2,1-3H3,(H,25,27). The monoisotopic (exact) mass is 426 g/mol. The molecule has 1 saturated heterocycles. The fraction of sp³-hybridized carbons (Fsp3) is 0.417. The van der Waals surface area contributed by atoms with Gasteiger partial charge in [-0.2, -0.15) is 0 Å². The molecule has 0 aromatic heterocycles. The van der Waals surface area contributed by atoms with Gasteiger partial charge < -0.3 is 15.0 Å². The second-order valence-electron chi connectivity index (χ2n) is 7.65. The molecule has 0 atom stereocenters. The molecule has 0 bridgehead atoms. The number of aryl methyl sites for hydroxylation is 2. The molecule has 0 saturated carbocycles. The second-order valence-corrected chi connectivity index (χ2v) is 8.67. The Labute approximate surface area is 183 Å². The van der Waals surface area contributed by atoms with Crippen LogP contribution in [-0.2, 0) is 4.79 Å². The van der Waals surface area contributed by atoms with Crippen LogP contribution in [-0.4, -0.2) is 48.2 Å². The summed E-state index contributed by atoms with van der Waals surface area (Å²) in [5.74, 6) is 1.27. The molecule has 0 radical (unpaired) electrons. The first kappa shape index (κ1) is 22.2. The number of carbonyl (C=O) groups is 2. The van der Waals surface area contributed by atoms with Crippen LogP contribution in [0.25, 0.3) is 0 Å². The van der Waals surface area contributed by atoms with Crippen LogP contribution in [0.1, 0.15) is 41.3 Å². The van der Waals surface area contributed by atoms with Crippen molar-refractivity contribution in [2.75, 3.05) is 25.4 Å². The summed E-state index contributed by atoms with van der Waals surface area (Å²) in [6.45, 7) is 7.98. The van der Waals surface area contributed by atoms with Gasteiger partial charge in [-0.25, -0.2) is 0 Å². The van der Waals surface area contributed by atoms with Gasteiger partial charge in [-0.3, -0.25) is 9.59 Å². The molecule has 1 N–H and O–H groups in total.